The second-order valence-electron chi connectivity index (χ2n) is 5.69. The van der Waals surface area contributed by atoms with Gasteiger partial charge in [-0.05, 0) is 50.5 Å². The average Bonchev–Trinajstić information content (AvgIpc) is 2.48. The van der Waals surface area contributed by atoms with E-state index in [9.17, 15) is 14.0 Å². The lowest BCUT2D eigenvalue weighted by Crippen LogP contribution is -2.63. The van der Waals surface area contributed by atoms with Crippen LogP contribution < -0.4 is 18.3 Å². The molecule has 0 saturated heterocycles. The van der Waals surface area contributed by atoms with Crippen molar-refractivity contribution in [1.82, 2.24) is 4.98 Å². The Morgan fingerprint density at radius 3 is 2.26 bits per heavy atom. The minimum atomic E-state index is -4.57. The summed E-state index contributed by atoms with van der Waals surface area (Å²) in [6.07, 6.45) is 0. The SMILES string of the molecule is Cc1c(C)c(C)c2nc3c(C)cccc3cc2c1O[Cl+3]([O-])([O-])[O-]. The monoisotopic (exact) mass is 333 g/mol. The zero-order valence-corrected chi connectivity index (χ0v) is 14.0. The van der Waals surface area contributed by atoms with Crippen LogP contribution in [0.5, 0.6) is 5.75 Å². The van der Waals surface area contributed by atoms with E-state index in [0.717, 1.165) is 27.6 Å². The fourth-order valence-electron chi connectivity index (χ4n) is 2.83. The zero-order chi connectivity index (χ0) is 16.9. The quantitative estimate of drug-likeness (QED) is 0.650. The first-order valence-corrected chi connectivity index (χ1v) is 8.32. The van der Waals surface area contributed by atoms with E-state index >= 15 is 0 Å². The lowest BCUT2D eigenvalue weighted by Gasteiger charge is -2.17. The van der Waals surface area contributed by atoms with E-state index in [0.29, 0.717) is 16.5 Å². The third kappa shape index (κ3) is 2.72. The molecule has 0 spiro atoms. The van der Waals surface area contributed by atoms with Crippen LogP contribution in [0.3, 0.4) is 0 Å². The van der Waals surface area contributed by atoms with Gasteiger partial charge in [0.25, 0.3) is 0 Å². The van der Waals surface area contributed by atoms with Gasteiger partial charge >= 0.3 is 5.75 Å². The van der Waals surface area contributed by atoms with Gasteiger partial charge in [-0.15, -0.1) is 0 Å². The number of benzene rings is 2. The Hall–Kier alpha value is -1.92. The summed E-state index contributed by atoms with van der Waals surface area (Å²) in [6, 6.07) is 7.59. The molecule has 3 rings (SSSR count). The van der Waals surface area contributed by atoms with Crippen LogP contribution in [-0.4, -0.2) is 4.98 Å². The number of rotatable bonds is 2. The van der Waals surface area contributed by atoms with Gasteiger partial charge in [0, 0.05) is 10.9 Å². The number of aryl methyl sites for hydroxylation is 2. The van der Waals surface area contributed by atoms with Crippen LogP contribution in [0.2, 0.25) is 0 Å². The first kappa shape index (κ1) is 16.0. The van der Waals surface area contributed by atoms with Crippen molar-refractivity contribution in [3.8, 4) is 5.75 Å². The highest BCUT2D eigenvalue weighted by Gasteiger charge is 2.27. The van der Waals surface area contributed by atoms with Crippen LogP contribution in [0, 0.1) is 37.9 Å². The number of fused-ring (bicyclic) bond motifs is 2. The summed E-state index contributed by atoms with van der Waals surface area (Å²) in [5.41, 5.74) is 4.93. The molecule has 0 aliphatic rings. The summed E-state index contributed by atoms with van der Waals surface area (Å²) in [5.74, 6) is 0.0515. The summed E-state index contributed by atoms with van der Waals surface area (Å²) >= 11 is 0. The van der Waals surface area contributed by atoms with Crippen LogP contribution in [-0.2, 0) is 0 Å². The maximum absolute atomic E-state index is 11.1. The van der Waals surface area contributed by atoms with E-state index in [2.05, 4.69) is 4.98 Å². The molecule has 0 fully saturated rings. The first-order chi connectivity index (χ1) is 10.7. The van der Waals surface area contributed by atoms with Crippen LogP contribution in [0.25, 0.3) is 21.8 Å². The maximum atomic E-state index is 11.1. The molecular formula is C17H16ClNO4. The Labute approximate surface area is 135 Å². The van der Waals surface area contributed by atoms with E-state index in [1.165, 1.54) is 0 Å². The van der Waals surface area contributed by atoms with E-state index in [-0.39, 0.29) is 5.75 Å². The Balaban J connectivity index is 2.46. The molecule has 0 aliphatic heterocycles. The Morgan fingerprint density at radius 2 is 1.61 bits per heavy atom. The van der Waals surface area contributed by atoms with Gasteiger partial charge in [0.05, 0.1) is 16.4 Å². The minimum absolute atomic E-state index is 0.0515. The van der Waals surface area contributed by atoms with Crippen molar-refractivity contribution < 1.29 is 28.5 Å². The average molecular weight is 334 g/mol. The van der Waals surface area contributed by atoms with Crippen LogP contribution in [0.15, 0.2) is 24.3 Å². The molecule has 1 aromatic heterocycles. The predicted molar refractivity (Wildman–Crippen MR) is 78.8 cm³/mol. The van der Waals surface area contributed by atoms with Gasteiger partial charge in [-0.3, -0.25) is 0 Å². The molecule has 1 heterocycles. The van der Waals surface area contributed by atoms with Gasteiger partial charge in [-0.2, -0.15) is 14.0 Å². The lowest BCUT2D eigenvalue weighted by atomic mass is 9.97. The van der Waals surface area contributed by atoms with Crippen LogP contribution in [0.1, 0.15) is 22.3 Å². The van der Waals surface area contributed by atoms with Crippen LogP contribution in [0.4, 0.5) is 0 Å². The van der Waals surface area contributed by atoms with Crippen molar-refractivity contribution >= 4 is 21.8 Å². The fourth-order valence-corrected chi connectivity index (χ4v) is 3.22. The Bertz CT molecular complexity index is 932. The molecule has 6 heteroatoms. The van der Waals surface area contributed by atoms with E-state index in [1.54, 1.807) is 6.92 Å². The van der Waals surface area contributed by atoms with Crippen molar-refractivity contribution in [2.24, 2.45) is 0 Å². The van der Waals surface area contributed by atoms with Crippen LogP contribution >= 0.6 is 0 Å². The largest absolute Gasteiger partial charge is 0.300 e. The number of pyridine rings is 1. The topological polar surface area (TPSA) is 91.3 Å². The van der Waals surface area contributed by atoms with E-state index in [1.807, 2.05) is 45.0 Å². The molecule has 0 bridgehead atoms. The molecule has 120 valence electrons. The molecule has 23 heavy (non-hydrogen) atoms. The number of hydrogen-bond acceptors (Lipinski definition) is 5. The van der Waals surface area contributed by atoms with Gasteiger partial charge in [0.1, 0.15) is 10.2 Å². The van der Waals surface area contributed by atoms with Crippen molar-refractivity contribution in [3.05, 3.63) is 46.5 Å². The predicted octanol–water partition coefficient (Wildman–Crippen LogP) is 0.898. The summed E-state index contributed by atoms with van der Waals surface area (Å²) in [4.78, 5) is 4.69. The summed E-state index contributed by atoms with van der Waals surface area (Å²) < 4.78 is 38.0. The molecule has 0 N–H and O–H groups in total. The van der Waals surface area contributed by atoms with Gasteiger partial charge in [-0.25, -0.2) is 4.98 Å². The fraction of sp³-hybridized carbons (Fsp3) is 0.235. The standard InChI is InChI=1S/C17H16ClNO4/c1-9-6-5-7-13-8-14-16(19-15(9)13)11(3)10(2)12(4)17(14)23-18(20,21)22/h5-8H,1-4H3. The van der Waals surface area contributed by atoms with Crippen molar-refractivity contribution in [2.45, 2.75) is 27.7 Å². The van der Waals surface area contributed by atoms with Gasteiger partial charge in [0.2, 0.25) is 0 Å². The molecular weight excluding hydrogens is 318 g/mol. The van der Waals surface area contributed by atoms with E-state index < -0.39 is 10.2 Å². The van der Waals surface area contributed by atoms with Gasteiger partial charge in [-0.1, -0.05) is 22.5 Å². The molecule has 0 unspecified atom stereocenters. The Morgan fingerprint density at radius 1 is 0.913 bits per heavy atom. The van der Waals surface area contributed by atoms with Crippen molar-refractivity contribution in [3.63, 3.8) is 0 Å². The zero-order valence-electron chi connectivity index (χ0n) is 13.3. The summed E-state index contributed by atoms with van der Waals surface area (Å²) in [6.45, 7) is 7.48. The molecule has 5 nitrogen and oxygen atoms in total. The smallest absolute Gasteiger partial charge is 0.247 e. The molecule has 2 aromatic carbocycles. The maximum Gasteiger partial charge on any atom is 0.300 e. The number of nitrogens with zero attached hydrogens (tertiary/aromatic N) is 1. The number of hydrogen-bond donors (Lipinski definition) is 0. The summed E-state index contributed by atoms with van der Waals surface area (Å²) in [5, 5.41) is 1.39. The molecule has 3 aromatic rings. The number of aromatic nitrogens is 1. The van der Waals surface area contributed by atoms with Crippen molar-refractivity contribution in [1.29, 1.82) is 0 Å². The second-order valence-corrected chi connectivity index (χ2v) is 6.60. The molecule has 0 radical (unpaired) electrons. The number of halogens is 1. The normalized spacial score (nSPS) is 12.1. The summed E-state index contributed by atoms with van der Waals surface area (Å²) in [7, 11) is -4.57. The molecule has 0 aliphatic carbocycles. The third-order valence-corrected chi connectivity index (χ3v) is 4.63. The van der Waals surface area contributed by atoms with Crippen molar-refractivity contribution in [2.75, 3.05) is 0 Å². The van der Waals surface area contributed by atoms with Gasteiger partial charge < -0.3 is 0 Å². The highest BCUT2D eigenvalue weighted by atomic mass is 35.7. The highest BCUT2D eigenvalue weighted by Crippen LogP contribution is 2.37. The lowest BCUT2D eigenvalue weighted by molar-refractivity contribution is -1.91. The second kappa shape index (κ2) is 5.32. The molecule has 0 atom stereocenters. The third-order valence-electron chi connectivity index (χ3n) is 4.28. The minimum Gasteiger partial charge on any atom is -0.247 e. The highest BCUT2D eigenvalue weighted by molar-refractivity contribution is 5.99. The van der Waals surface area contributed by atoms with E-state index in [4.69, 9.17) is 4.29 Å². The Kier molecular flexibility index (Phi) is 3.69. The van der Waals surface area contributed by atoms with Gasteiger partial charge in [0.15, 0.2) is 0 Å². The number of para-hydroxylation sites is 1. The first-order valence-electron chi connectivity index (χ1n) is 7.09. The molecule has 0 saturated carbocycles. The molecule has 0 amide bonds.